The number of aromatic nitrogens is 3. The fraction of sp³-hybridized carbons (Fsp3) is 0.385. The Kier molecular flexibility index (Phi) is 2.98. The van der Waals surface area contributed by atoms with E-state index in [0.717, 1.165) is 43.3 Å². The molecule has 0 bridgehead atoms. The minimum Gasteiger partial charge on any atom is -0.351 e. The first-order valence-electron chi connectivity index (χ1n) is 6.27. The average Bonchev–Trinajstić information content (AvgIpc) is 2.83. The molecule has 0 spiro atoms. The summed E-state index contributed by atoms with van der Waals surface area (Å²) in [5.74, 6) is 0.991. The van der Waals surface area contributed by atoms with Gasteiger partial charge in [0.1, 0.15) is 5.69 Å². The van der Waals surface area contributed by atoms with E-state index in [4.69, 9.17) is 0 Å². The third-order valence-electron chi connectivity index (χ3n) is 3.16. The van der Waals surface area contributed by atoms with E-state index in [1.165, 1.54) is 0 Å². The van der Waals surface area contributed by atoms with Gasteiger partial charge < -0.3 is 10.2 Å². The van der Waals surface area contributed by atoms with Crippen LogP contribution in [0.4, 0.5) is 5.82 Å². The van der Waals surface area contributed by atoms with Gasteiger partial charge in [0.05, 0.1) is 0 Å². The topological polar surface area (TPSA) is 46.0 Å². The molecule has 1 aliphatic rings. The number of rotatable bonds is 2. The first-order valence-corrected chi connectivity index (χ1v) is 6.27. The van der Waals surface area contributed by atoms with Crippen molar-refractivity contribution in [1.29, 1.82) is 0 Å². The van der Waals surface area contributed by atoms with Crippen LogP contribution in [0, 0.1) is 0 Å². The van der Waals surface area contributed by atoms with Crippen molar-refractivity contribution in [2.75, 3.05) is 31.1 Å². The molecule has 2 aromatic rings. The van der Waals surface area contributed by atoms with Crippen LogP contribution in [0.2, 0.25) is 0 Å². The summed E-state index contributed by atoms with van der Waals surface area (Å²) in [4.78, 5) is 3.95. The van der Waals surface area contributed by atoms with E-state index in [0.29, 0.717) is 0 Å². The third-order valence-corrected chi connectivity index (χ3v) is 3.16. The van der Waals surface area contributed by atoms with Crippen molar-refractivity contribution in [2.45, 2.75) is 0 Å². The van der Waals surface area contributed by atoms with Gasteiger partial charge in [0.15, 0.2) is 5.82 Å². The van der Waals surface area contributed by atoms with Gasteiger partial charge in [-0.25, -0.2) is 0 Å². The van der Waals surface area contributed by atoms with E-state index in [9.17, 15) is 0 Å². The van der Waals surface area contributed by atoms with Crippen molar-refractivity contribution in [2.24, 2.45) is 7.05 Å². The molecule has 1 aromatic heterocycles. The van der Waals surface area contributed by atoms with E-state index in [2.05, 4.69) is 32.5 Å². The molecule has 0 unspecified atom stereocenters. The summed E-state index contributed by atoms with van der Waals surface area (Å²) in [5, 5.41) is 12.4. The van der Waals surface area contributed by atoms with Gasteiger partial charge in [-0.2, -0.15) is 9.90 Å². The maximum Gasteiger partial charge on any atom is 0.179 e. The molecule has 1 fully saturated rings. The largest absolute Gasteiger partial charge is 0.351 e. The van der Waals surface area contributed by atoms with Gasteiger partial charge in [-0.15, -0.1) is 5.10 Å². The summed E-state index contributed by atoms with van der Waals surface area (Å²) >= 11 is 0. The second-order valence-electron chi connectivity index (χ2n) is 4.46. The maximum atomic E-state index is 4.51. The van der Waals surface area contributed by atoms with Crippen LogP contribution in [0.3, 0.4) is 0 Å². The Hall–Kier alpha value is -1.88. The number of nitrogens with one attached hydrogen (secondary N) is 1. The van der Waals surface area contributed by atoms with Crippen LogP contribution >= 0.6 is 0 Å². The molecule has 1 aliphatic heterocycles. The third kappa shape index (κ3) is 2.09. The first kappa shape index (κ1) is 11.2. The zero-order valence-corrected chi connectivity index (χ0v) is 10.5. The number of aryl methyl sites for hydroxylation is 1. The normalized spacial score (nSPS) is 15.9. The number of benzene rings is 1. The number of nitrogens with zero attached hydrogens (tertiary/aromatic N) is 4. The SMILES string of the molecule is Cn1nc(-c2ccccc2)c(N2CCNCC2)n1. The molecule has 0 atom stereocenters. The molecule has 2 heterocycles. The molecule has 5 nitrogen and oxygen atoms in total. The van der Waals surface area contributed by atoms with E-state index in [1.54, 1.807) is 4.80 Å². The second kappa shape index (κ2) is 4.78. The summed E-state index contributed by atoms with van der Waals surface area (Å²) in [5.41, 5.74) is 2.10. The van der Waals surface area contributed by atoms with Crippen LogP contribution in [0.5, 0.6) is 0 Å². The Balaban J connectivity index is 1.99. The van der Waals surface area contributed by atoms with E-state index < -0.39 is 0 Å². The van der Waals surface area contributed by atoms with E-state index in [1.807, 2.05) is 25.2 Å². The summed E-state index contributed by atoms with van der Waals surface area (Å²) in [6.45, 7) is 3.98. The number of hydrogen-bond acceptors (Lipinski definition) is 4. The summed E-state index contributed by atoms with van der Waals surface area (Å²) in [6.07, 6.45) is 0. The lowest BCUT2D eigenvalue weighted by Crippen LogP contribution is -2.44. The minimum absolute atomic E-state index is 0.972. The zero-order valence-electron chi connectivity index (χ0n) is 10.5. The molecule has 0 radical (unpaired) electrons. The van der Waals surface area contributed by atoms with Gasteiger partial charge in [0, 0.05) is 38.8 Å². The smallest absolute Gasteiger partial charge is 0.179 e. The molecule has 94 valence electrons. The molecule has 1 saturated heterocycles. The van der Waals surface area contributed by atoms with Crippen molar-refractivity contribution in [3.63, 3.8) is 0 Å². The summed E-state index contributed by atoms with van der Waals surface area (Å²) in [6, 6.07) is 10.2. The molecule has 3 rings (SSSR count). The zero-order chi connectivity index (χ0) is 12.4. The van der Waals surface area contributed by atoms with E-state index >= 15 is 0 Å². The standard InChI is InChI=1S/C13H17N5/c1-17-15-12(11-5-3-2-4-6-11)13(16-17)18-9-7-14-8-10-18/h2-6,14H,7-10H2,1H3. The molecular weight excluding hydrogens is 226 g/mol. The molecule has 0 amide bonds. The first-order chi connectivity index (χ1) is 8.84. The highest BCUT2D eigenvalue weighted by Crippen LogP contribution is 2.26. The van der Waals surface area contributed by atoms with Gasteiger partial charge in [-0.1, -0.05) is 30.3 Å². The molecule has 18 heavy (non-hydrogen) atoms. The Morgan fingerprint density at radius 2 is 1.78 bits per heavy atom. The number of anilines is 1. The lowest BCUT2D eigenvalue weighted by Gasteiger charge is -2.27. The average molecular weight is 243 g/mol. The lowest BCUT2D eigenvalue weighted by molar-refractivity contribution is 0.578. The van der Waals surface area contributed by atoms with Crippen molar-refractivity contribution < 1.29 is 0 Å². The summed E-state index contributed by atoms with van der Waals surface area (Å²) < 4.78 is 0. The molecule has 5 heteroatoms. The molecule has 1 aromatic carbocycles. The number of hydrogen-bond donors (Lipinski definition) is 1. The molecule has 1 N–H and O–H groups in total. The van der Waals surface area contributed by atoms with Crippen LogP contribution in [0.25, 0.3) is 11.3 Å². The van der Waals surface area contributed by atoms with Crippen molar-refractivity contribution >= 4 is 5.82 Å². The summed E-state index contributed by atoms with van der Waals surface area (Å²) in [7, 11) is 1.87. The Morgan fingerprint density at radius 3 is 2.50 bits per heavy atom. The molecule has 0 saturated carbocycles. The van der Waals surface area contributed by atoms with Gasteiger partial charge in [-0.3, -0.25) is 0 Å². The molecular formula is C13H17N5. The lowest BCUT2D eigenvalue weighted by atomic mass is 10.1. The maximum absolute atomic E-state index is 4.51. The quantitative estimate of drug-likeness (QED) is 0.851. The highest BCUT2D eigenvalue weighted by atomic mass is 15.5. The van der Waals surface area contributed by atoms with Gasteiger partial charge in [-0.05, 0) is 0 Å². The Bertz CT molecular complexity index is 513. The highest BCUT2D eigenvalue weighted by molar-refractivity contribution is 5.71. The van der Waals surface area contributed by atoms with Crippen LogP contribution < -0.4 is 10.2 Å². The predicted molar refractivity (Wildman–Crippen MR) is 71.5 cm³/mol. The molecule has 0 aliphatic carbocycles. The monoisotopic (exact) mass is 243 g/mol. The van der Waals surface area contributed by atoms with Crippen LogP contribution in [-0.4, -0.2) is 41.2 Å². The fourth-order valence-electron chi connectivity index (χ4n) is 2.27. The van der Waals surface area contributed by atoms with Gasteiger partial charge in [0.2, 0.25) is 0 Å². The van der Waals surface area contributed by atoms with Crippen molar-refractivity contribution in [1.82, 2.24) is 20.3 Å². The van der Waals surface area contributed by atoms with Gasteiger partial charge in [0.25, 0.3) is 0 Å². The minimum atomic E-state index is 0.972. The van der Waals surface area contributed by atoms with Crippen LogP contribution in [0.15, 0.2) is 30.3 Å². The Labute approximate surface area is 106 Å². The highest BCUT2D eigenvalue weighted by Gasteiger charge is 2.19. The van der Waals surface area contributed by atoms with Gasteiger partial charge >= 0.3 is 0 Å². The van der Waals surface area contributed by atoms with E-state index in [-0.39, 0.29) is 0 Å². The fourth-order valence-corrected chi connectivity index (χ4v) is 2.27. The van der Waals surface area contributed by atoms with Crippen LogP contribution in [-0.2, 0) is 7.05 Å². The second-order valence-corrected chi connectivity index (χ2v) is 4.46. The number of piperazine rings is 1. The van der Waals surface area contributed by atoms with Crippen molar-refractivity contribution in [3.8, 4) is 11.3 Å². The Morgan fingerprint density at radius 1 is 1.06 bits per heavy atom. The van der Waals surface area contributed by atoms with Crippen molar-refractivity contribution in [3.05, 3.63) is 30.3 Å². The van der Waals surface area contributed by atoms with Crippen LogP contribution in [0.1, 0.15) is 0 Å². The predicted octanol–water partition coefficient (Wildman–Crippen LogP) is 0.892.